The van der Waals surface area contributed by atoms with Gasteiger partial charge in [-0.05, 0) is 34.1 Å². The van der Waals surface area contributed by atoms with Crippen LogP contribution in [0.5, 0.6) is 0 Å². The first-order chi connectivity index (χ1) is 10.6. The number of benzene rings is 1. The van der Waals surface area contributed by atoms with E-state index in [1.165, 1.54) is 0 Å². The molecule has 0 saturated heterocycles. The van der Waals surface area contributed by atoms with E-state index in [4.69, 9.17) is 28.4 Å². The van der Waals surface area contributed by atoms with Crippen LogP contribution in [0.15, 0.2) is 34.0 Å². The van der Waals surface area contributed by atoms with Crippen LogP contribution in [0, 0.1) is 5.82 Å². The highest BCUT2D eigenvalue weighted by Crippen LogP contribution is 2.36. The summed E-state index contributed by atoms with van der Waals surface area (Å²) in [7, 11) is 0. The summed E-state index contributed by atoms with van der Waals surface area (Å²) in [6.07, 6.45) is -4.07. The minimum Gasteiger partial charge on any atom is -0.410 e. The fraction of sp³-hybridized carbons (Fsp3) is 0.0769. The van der Waals surface area contributed by atoms with E-state index in [9.17, 15) is 17.6 Å². The molecule has 0 fully saturated rings. The molecular weight excluding hydrogens is 427 g/mol. The summed E-state index contributed by atoms with van der Waals surface area (Å²) in [4.78, 5) is 3.58. The van der Waals surface area contributed by atoms with Crippen molar-refractivity contribution in [1.82, 2.24) is 4.98 Å². The maximum Gasteiger partial charge on any atom is 0.417 e. The van der Waals surface area contributed by atoms with Gasteiger partial charge in [-0.2, -0.15) is 13.2 Å². The van der Waals surface area contributed by atoms with Crippen LogP contribution in [0.2, 0.25) is 5.02 Å². The zero-order chi connectivity index (χ0) is 17.4. The van der Waals surface area contributed by atoms with Crippen LogP contribution in [-0.4, -0.2) is 15.4 Å². The first-order valence-corrected chi connectivity index (χ1v) is 7.30. The molecule has 0 spiro atoms. The van der Waals surface area contributed by atoms with Crippen molar-refractivity contribution in [3.05, 3.63) is 50.8 Å². The molecule has 2 aromatic rings. The largest absolute Gasteiger partial charge is 0.417 e. The van der Waals surface area contributed by atoms with Gasteiger partial charge in [-0.15, -0.1) is 0 Å². The normalized spacial score (nSPS) is 12.6. The van der Waals surface area contributed by atoms with Crippen LogP contribution >= 0.6 is 39.1 Å². The smallest absolute Gasteiger partial charge is 0.410 e. The molecule has 0 aliphatic rings. The Balaban J connectivity index is 2.63. The van der Waals surface area contributed by atoms with Crippen molar-refractivity contribution in [2.75, 3.05) is 0 Å². The molecule has 10 heteroatoms. The SMILES string of the molecule is O/N=C(\Cl)c1cc(-c2ncc(C(F)(F)F)cc2Cl)c(F)cc1Br. The van der Waals surface area contributed by atoms with E-state index < -0.39 is 17.6 Å². The first kappa shape index (κ1) is 18.0. The Bertz CT molecular complexity index is 796. The van der Waals surface area contributed by atoms with Crippen LogP contribution in [0.25, 0.3) is 11.3 Å². The number of rotatable bonds is 2. The zero-order valence-electron chi connectivity index (χ0n) is 10.8. The number of oxime groups is 1. The third-order valence-electron chi connectivity index (χ3n) is 2.79. The average molecular weight is 432 g/mol. The Kier molecular flexibility index (Phi) is 5.17. The molecule has 1 aromatic heterocycles. The van der Waals surface area contributed by atoms with Crippen LogP contribution < -0.4 is 0 Å². The van der Waals surface area contributed by atoms with Gasteiger partial charge in [0.2, 0.25) is 0 Å². The lowest BCUT2D eigenvalue weighted by Gasteiger charge is -2.11. The average Bonchev–Trinajstić information content (AvgIpc) is 2.46. The number of hydrogen-bond donors (Lipinski definition) is 1. The van der Waals surface area contributed by atoms with Crippen molar-refractivity contribution in [3.8, 4) is 11.3 Å². The van der Waals surface area contributed by atoms with Crippen molar-refractivity contribution < 1.29 is 22.8 Å². The Hall–Kier alpha value is -1.38. The molecule has 0 aliphatic carbocycles. The van der Waals surface area contributed by atoms with Crippen molar-refractivity contribution in [1.29, 1.82) is 0 Å². The molecule has 0 atom stereocenters. The summed E-state index contributed by atoms with van der Waals surface area (Å²) in [5.74, 6) is -0.794. The number of halogens is 7. The maximum atomic E-state index is 14.1. The van der Waals surface area contributed by atoms with Gasteiger partial charge in [0, 0.05) is 21.8 Å². The fourth-order valence-electron chi connectivity index (χ4n) is 1.73. The van der Waals surface area contributed by atoms with Gasteiger partial charge in [-0.3, -0.25) is 4.98 Å². The van der Waals surface area contributed by atoms with Crippen molar-refractivity contribution in [3.63, 3.8) is 0 Å². The predicted octanol–water partition coefficient (Wildman–Crippen LogP) is 5.70. The molecule has 0 radical (unpaired) electrons. The third kappa shape index (κ3) is 3.76. The molecule has 1 N–H and O–H groups in total. The van der Waals surface area contributed by atoms with E-state index in [0.29, 0.717) is 12.3 Å². The van der Waals surface area contributed by atoms with Gasteiger partial charge < -0.3 is 5.21 Å². The molecule has 0 bridgehead atoms. The van der Waals surface area contributed by atoms with Gasteiger partial charge in [0.15, 0.2) is 5.17 Å². The monoisotopic (exact) mass is 430 g/mol. The summed E-state index contributed by atoms with van der Waals surface area (Å²) in [6.45, 7) is 0. The lowest BCUT2D eigenvalue weighted by molar-refractivity contribution is -0.137. The van der Waals surface area contributed by atoms with Gasteiger partial charge in [-0.25, -0.2) is 4.39 Å². The molecule has 0 amide bonds. The summed E-state index contributed by atoms with van der Waals surface area (Å²) < 4.78 is 52.1. The molecule has 0 saturated carbocycles. The van der Waals surface area contributed by atoms with Crippen molar-refractivity contribution in [2.45, 2.75) is 6.18 Å². The Labute approximate surface area is 145 Å². The van der Waals surface area contributed by atoms with Gasteiger partial charge in [0.05, 0.1) is 16.3 Å². The second-order valence-electron chi connectivity index (χ2n) is 4.25. The van der Waals surface area contributed by atoms with E-state index in [1.807, 2.05) is 0 Å². The standard InChI is InChI=1S/C13H5BrCl2F4N2O/c14-8-3-10(17)7(2-6(8)12(16)22-23)11-9(15)1-5(4-21-11)13(18,19)20/h1-4,23H/b22-12-. The lowest BCUT2D eigenvalue weighted by Crippen LogP contribution is -2.06. The highest BCUT2D eigenvalue weighted by molar-refractivity contribution is 9.10. The van der Waals surface area contributed by atoms with Crippen molar-refractivity contribution in [2.24, 2.45) is 5.16 Å². The highest BCUT2D eigenvalue weighted by atomic mass is 79.9. The van der Waals surface area contributed by atoms with Gasteiger partial charge in [0.25, 0.3) is 0 Å². The van der Waals surface area contributed by atoms with E-state index in [0.717, 1.165) is 12.1 Å². The van der Waals surface area contributed by atoms with Gasteiger partial charge >= 0.3 is 6.18 Å². The Morgan fingerprint density at radius 2 is 1.91 bits per heavy atom. The Morgan fingerprint density at radius 3 is 2.43 bits per heavy atom. The quantitative estimate of drug-likeness (QED) is 0.287. The molecule has 3 nitrogen and oxygen atoms in total. The molecule has 1 aromatic carbocycles. The van der Waals surface area contributed by atoms with E-state index in [1.54, 1.807) is 0 Å². The highest BCUT2D eigenvalue weighted by Gasteiger charge is 2.32. The van der Waals surface area contributed by atoms with Crippen LogP contribution in [0.3, 0.4) is 0 Å². The minimum atomic E-state index is -4.62. The van der Waals surface area contributed by atoms with Crippen LogP contribution in [0.4, 0.5) is 17.6 Å². The second kappa shape index (κ2) is 6.62. The number of aromatic nitrogens is 1. The van der Waals surface area contributed by atoms with E-state index in [-0.39, 0.29) is 31.5 Å². The van der Waals surface area contributed by atoms with Crippen molar-refractivity contribution >= 4 is 44.3 Å². The second-order valence-corrected chi connectivity index (χ2v) is 5.87. The topological polar surface area (TPSA) is 45.5 Å². The number of nitrogens with zero attached hydrogens (tertiary/aromatic N) is 2. The molecule has 0 unspecified atom stereocenters. The summed E-state index contributed by atoms with van der Waals surface area (Å²) in [5, 5.41) is 10.7. The molecule has 23 heavy (non-hydrogen) atoms. The van der Waals surface area contributed by atoms with Gasteiger partial charge in [0.1, 0.15) is 5.82 Å². The fourth-order valence-corrected chi connectivity index (χ4v) is 2.78. The summed E-state index contributed by atoms with van der Waals surface area (Å²) in [5.41, 5.74) is -1.33. The third-order valence-corrected chi connectivity index (χ3v) is 4.01. The lowest BCUT2D eigenvalue weighted by atomic mass is 10.1. The van der Waals surface area contributed by atoms with Crippen LogP contribution in [0.1, 0.15) is 11.1 Å². The number of hydrogen-bond acceptors (Lipinski definition) is 3. The maximum absolute atomic E-state index is 14.1. The molecular formula is C13H5BrCl2F4N2O. The molecule has 2 rings (SSSR count). The molecule has 0 aliphatic heterocycles. The number of alkyl halides is 3. The van der Waals surface area contributed by atoms with Gasteiger partial charge in [-0.1, -0.05) is 28.4 Å². The Morgan fingerprint density at radius 1 is 1.26 bits per heavy atom. The van der Waals surface area contributed by atoms with E-state index >= 15 is 0 Å². The molecule has 122 valence electrons. The minimum absolute atomic E-state index is 0.114. The van der Waals surface area contributed by atoms with Crippen LogP contribution in [-0.2, 0) is 6.18 Å². The first-order valence-electron chi connectivity index (χ1n) is 5.75. The summed E-state index contributed by atoms with van der Waals surface area (Å²) in [6, 6.07) is 2.81. The molecule has 1 heterocycles. The zero-order valence-corrected chi connectivity index (χ0v) is 13.9. The predicted molar refractivity (Wildman–Crippen MR) is 81.5 cm³/mol. The van der Waals surface area contributed by atoms with E-state index in [2.05, 4.69) is 26.1 Å². The number of pyridine rings is 1. The summed E-state index contributed by atoms with van der Waals surface area (Å²) >= 11 is 14.5.